The lowest BCUT2D eigenvalue weighted by atomic mass is 10.1. The predicted octanol–water partition coefficient (Wildman–Crippen LogP) is -0.345. The van der Waals surface area contributed by atoms with Gasteiger partial charge in [0.05, 0.1) is 14.1 Å². The average molecular weight is 232 g/mol. The summed E-state index contributed by atoms with van der Waals surface area (Å²) in [5.41, 5.74) is 0. The van der Waals surface area contributed by atoms with E-state index >= 15 is 0 Å². The lowest BCUT2D eigenvalue weighted by molar-refractivity contribution is -1.02. The van der Waals surface area contributed by atoms with Gasteiger partial charge in [-0.25, -0.2) is 0 Å². The van der Waals surface area contributed by atoms with Gasteiger partial charge in [0.2, 0.25) is 0 Å². The maximum absolute atomic E-state index is 9.48. The van der Waals surface area contributed by atoms with Crippen LogP contribution in [-0.4, -0.2) is 84.8 Å². The average Bonchev–Trinajstić information content (AvgIpc) is 2.09. The van der Waals surface area contributed by atoms with Crippen LogP contribution in [-0.2, 0) is 0 Å². The highest BCUT2D eigenvalue weighted by Gasteiger charge is 2.38. The Morgan fingerprint density at radius 1 is 0.812 bits per heavy atom. The van der Waals surface area contributed by atoms with Gasteiger partial charge >= 0.3 is 0 Å². The summed E-state index contributed by atoms with van der Waals surface area (Å²) in [7, 11) is 4.44. The first-order valence-electron chi connectivity index (χ1n) is 6.28. The first-order valence-corrected chi connectivity index (χ1v) is 6.28. The lowest BCUT2D eigenvalue weighted by Gasteiger charge is -2.47. The van der Waals surface area contributed by atoms with Gasteiger partial charge < -0.3 is 19.2 Å². The van der Waals surface area contributed by atoms with Crippen LogP contribution < -0.4 is 0 Å². The van der Waals surface area contributed by atoms with E-state index in [-0.39, 0.29) is 12.2 Å². The molecule has 2 atom stereocenters. The maximum Gasteiger partial charge on any atom is 0.129 e. The molecule has 4 nitrogen and oxygen atoms in total. The minimum absolute atomic E-state index is 0.223. The molecule has 1 heterocycles. The number of nitrogens with zero attached hydrogens (tertiary/aromatic N) is 2. The molecule has 1 fully saturated rings. The Morgan fingerprint density at radius 3 is 1.25 bits per heavy atom. The van der Waals surface area contributed by atoms with Crippen LogP contribution in [0.5, 0.6) is 0 Å². The van der Waals surface area contributed by atoms with E-state index in [0.29, 0.717) is 0 Å². The van der Waals surface area contributed by atoms with Gasteiger partial charge in [-0.15, -0.1) is 0 Å². The van der Waals surface area contributed by atoms with Gasteiger partial charge in [-0.05, 0) is 13.8 Å². The fourth-order valence-electron chi connectivity index (χ4n) is 2.83. The Hall–Kier alpha value is -0.160. The number of aliphatic hydroxyl groups excluding tert-OH is 2. The highest BCUT2D eigenvalue weighted by molar-refractivity contribution is 4.55. The summed E-state index contributed by atoms with van der Waals surface area (Å²) in [6.07, 6.45) is -0.447. The fourth-order valence-corrected chi connectivity index (χ4v) is 2.83. The van der Waals surface area contributed by atoms with Gasteiger partial charge in [0.15, 0.2) is 0 Å². The molecule has 1 aliphatic heterocycles. The number of likely N-dealkylation sites (N-methyl/N-ethyl adjacent to an activating group) is 2. The van der Waals surface area contributed by atoms with Crippen LogP contribution in [0.25, 0.3) is 0 Å². The topological polar surface area (TPSA) is 40.5 Å². The summed E-state index contributed by atoms with van der Waals surface area (Å²) in [5, 5.41) is 19.0. The molecule has 16 heavy (non-hydrogen) atoms. The van der Waals surface area contributed by atoms with Crippen molar-refractivity contribution in [2.24, 2.45) is 0 Å². The van der Waals surface area contributed by atoms with Crippen LogP contribution in [0.1, 0.15) is 13.8 Å². The van der Waals surface area contributed by atoms with Crippen molar-refractivity contribution in [3.8, 4) is 0 Å². The molecule has 0 aromatic heterocycles. The summed E-state index contributed by atoms with van der Waals surface area (Å²) in [6, 6.07) is 0. The lowest BCUT2D eigenvalue weighted by Crippen LogP contribution is -2.66. The van der Waals surface area contributed by atoms with Crippen LogP contribution >= 0.6 is 0 Å². The maximum atomic E-state index is 9.48. The molecule has 1 rings (SSSR count). The third-order valence-electron chi connectivity index (χ3n) is 3.77. The van der Waals surface area contributed by atoms with Crippen LogP contribution in [0.3, 0.4) is 0 Å². The fraction of sp³-hybridized carbons (Fsp3) is 1.00. The third-order valence-corrected chi connectivity index (χ3v) is 3.77. The SMILES string of the molecule is CC(O)C[N+]1(C)CC[N+](C)(CC(C)O)CC1. The standard InChI is InChI=1S/C12H28N2O2/c1-11(15)9-13(3)5-7-14(4,8-6-13)10-12(2)16/h11-12,15-16H,5-10H2,1-4H3/q+2. The number of quaternary nitrogens is 2. The van der Waals surface area contributed by atoms with Crippen molar-refractivity contribution in [2.75, 3.05) is 53.4 Å². The second-order valence-electron chi connectivity index (χ2n) is 6.20. The molecule has 2 unspecified atom stereocenters. The number of rotatable bonds is 4. The van der Waals surface area contributed by atoms with E-state index < -0.39 is 0 Å². The van der Waals surface area contributed by atoms with Crippen LogP contribution in [0.2, 0.25) is 0 Å². The van der Waals surface area contributed by atoms with Crippen molar-refractivity contribution in [3.63, 3.8) is 0 Å². The van der Waals surface area contributed by atoms with Gasteiger partial charge in [0.25, 0.3) is 0 Å². The molecule has 0 aliphatic carbocycles. The monoisotopic (exact) mass is 232 g/mol. The van der Waals surface area contributed by atoms with E-state index in [2.05, 4.69) is 14.1 Å². The second kappa shape index (κ2) is 5.00. The Bertz CT molecular complexity index is 197. The van der Waals surface area contributed by atoms with E-state index in [1.165, 1.54) is 0 Å². The summed E-state index contributed by atoms with van der Waals surface area (Å²) < 4.78 is 1.93. The molecular weight excluding hydrogens is 204 g/mol. The van der Waals surface area contributed by atoms with Crippen molar-refractivity contribution >= 4 is 0 Å². The molecule has 96 valence electrons. The molecule has 0 bridgehead atoms. The minimum Gasteiger partial charge on any atom is -0.388 e. The molecule has 1 aliphatic rings. The Kier molecular flexibility index (Phi) is 4.35. The van der Waals surface area contributed by atoms with E-state index in [0.717, 1.165) is 48.2 Å². The molecule has 1 saturated heterocycles. The zero-order valence-corrected chi connectivity index (χ0v) is 11.2. The van der Waals surface area contributed by atoms with E-state index in [4.69, 9.17) is 0 Å². The summed E-state index contributed by atoms with van der Waals surface area (Å²) in [6.45, 7) is 9.78. The Morgan fingerprint density at radius 2 is 1.06 bits per heavy atom. The van der Waals surface area contributed by atoms with Crippen molar-refractivity contribution in [2.45, 2.75) is 26.1 Å². The second-order valence-corrected chi connectivity index (χ2v) is 6.20. The van der Waals surface area contributed by atoms with Gasteiger partial charge in [-0.3, -0.25) is 0 Å². The molecule has 0 aromatic carbocycles. The Labute approximate surface area is 99.3 Å². The first-order chi connectivity index (χ1) is 7.25. The molecule has 0 amide bonds. The quantitative estimate of drug-likeness (QED) is 0.651. The minimum atomic E-state index is -0.223. The molecule has 4 heteroatoms. The van der Waals surface area contributed by atoms with Gasteiger partial charge in [0, 0.05) is 0 Å². The number of aliphatic hydroxyl groups is 2. The zero-order valence-electron chi connectivity index (χ0n) is 11.2. The van der Waals surface area contributed by atoms with Crippen LogP contribution in [0, 0.1) is 0 Å². The van der Waals surface area contributed by atoms with Crippen LogP contribution in [0.15, 0.2) is 0 Å². The number of piperazine rings is 1. The molecule has 0 spiro atoms. The third kappa shape index (κ3) is 4.01. The highest BCUT2D eigenvalue weighted by Crippen LogP contribution is 2.16. The summed E-state index contributed by atoms with van der Waals surface area (Å²) >= 11 is 0. The van der Waals surface area contributed by atoms with Crippen LogP contribution in [0.4, 0.5) is 0 Å². The number of hydrogen-bond donors (Lipinski definition) is 2. The van der Waals surface area contributed by atoms with Crippen molar-refractivity contribution in [1.29, 1.82) is 0 Å². The molecule has 0 saturated carbocycles. The van der Waals surface area contributed by atoms with E-state index in [1.807, 2.05) is 13.8 Å². The van der Waals surface area contributed by atoms with Crippen molar-refractivity contribution in [3.05, 3.63) is 0 Å². The van der Waals surface area contributed by atoms with Gasteiger partial charge in [-0.1, -0.05) is 0 Å². The molecular formula is C12H28N2O2+2. The van der Waals surface area contributed by atoms with E-state index in [1.54, 1.807) is 0 Å². The largest absolute Gasteiger partial charge is 0.388 e. The zero-order chi connectivity index (χ0) is 12.4. The smallest absolute Gasteiger partial charge is 0.129 e. The van der Waals surface area contributed by atoms with Gasteiger partial charge in [-0.2, -0.15) is 0 Å². The van der Waals surface area contributed by atoms with Crippen molar-refractivity contribution in [1.82, 2.24) is 0 Å². The summed E-state index contributed by atoms with van der Waals surface area (Å²) in [4.78, 5) is 0. The molecule has 2 N–H and O–H groups in total. The number of hydrogen-bond acceptors (Lipinski definition) is 2. The van der Waals surface area contributed by atoms with Crippen molar-refractivity contribution < 1.29 is 19.2 Å². The molecule has 0 aromatic rings. The normalized spacial score (nSPS) is 39.4. The molecule has 0 radical (unpaired) electrons. The Balaban J connectivity index is 2.49. The van der Waals surface area contributed by atoms with Gasteiger partial charge in [0.1, 0.15) is 51.5 Å². The van der Waals surface area contributed by atoms with E-state index in [9.17, 15) is 10.2 Å². The predicted molar refractivity (Wildman–Crippen MR) is 64.9 cm³/mol. The summed E-state index contributed by atoms with van der Waals surface area (Å²) in [5.74, 6) is 0. The first kappa shape index (κ1) is 13.9. The highest BCUT2D eigenvalue weighted by atomic mass is 16.3.